The highest BCUT2D eigenvalue weighted by Crippen LogP contribution is 2.14. The molecule has 1 N–H and O–H groups in total. The number of benzene rings is 1. The maximum Gasteiger partial charge on any atom is 0.157 e. The van der Waals surface area contributed by atoms with Crippen molar-refractivity contribution in [3.05, 3.63) is 42.2 Å². The lowest BCUT2D eigenvalue weighted by atomic mass is 10.2. The molecule has 0 radical (unpaired) electrons. The minimum absolute atomic E-state index is 0.252. The molecule has 4 nitrogen and oxygen atoms in total. The second-order valence-corrected chi connectivity index (χ2v) is 3.31. The molecular weight excluding hydrogens is 192 g/mol. The summed E-state index contributed by atoms with van der Waals surface area (Å²) in [6.45, 7) is 0.431. The van der Waals surface area contributed by atoms with Gasteiger partial charge in [-0.1, -0.05) is 12.1 Å². The Kier molecular flexibility index (Phi) is 2.58. The molecule has 1 heterocycles. The Hall–Kier alpha value is -1.97. The van der Waals surface area contributed by atoms with Crippen molar-refractivity contribution in [3.63, 3.8) is 0 Å². The minimum atomic E-state index is 0.252. The number of ether oxygens (including phenoxy) is 1. The van der Waals surface area contributed by atoms with Gasteiger partial charge in [-0.05, 0) is 17.7 Å². The van der Waals surface area contributed by atoms with E-state index in [1.807, 2.05) is 13.1 Å². The predicted molar refractivity (Wildman–Crippen MR) is 55.6 cm³/mol. The number of hydrogen-bond acceptors (Lipinski definition) is 3. The van der Waals surface area contributed by atoms with Gasteiger partial charge < -0.3 is 9.84 Å². The maximum atomic E-state index is 9.24. The van der Waals surface area contributed by atoms with Crippen LogP contribution in [0.15, 0.2) is 36.7 Å². The van der Waals surface area contributed by atoms with Gasteiger partial charge in [-0.25, -0.2) is 0 Å². The van der Waals surface area contributed by atoms with E-state index in [4.69, 9.17) is 4.74 Å². The first-order chi connectivity index (χ1) is 7.24. The van der Waals surface area contributed by atoms with Crippen LogP contribution in [0.2, 0.25) is 0 Å². The highest BCUT2D eigenvalue weighted by molar-refractivity contribution is 5.27. The van der Waals surface area contributed by atoms with E-state index in [0.29, 0.717) is 6.61 Å². The van der Waals surface area contributed by atoms with Gasteiger partial charge in [0.15, 0.2) is 5.75 Å². The van der Waals surface area contributed by atoms with E-state index >= 15 is 0 Å². The molecule has 4 heteroatoms. The van der Waals surface area contributed by atoms with Gasteiger partial charge >= 0.3 is 0 Å². The maximum absolute atomic E-state index is 9.24. The van der Waals surface area contributed by atoms with Crippen LogP contribution in [0.5, 0.6) is 11.5 Å². The fraction of sp³-hybridized carbons (Fsp3) is 0.182. The second-order valence-electron chi connectivity index (χ2n) is 3.31. The summed E-state index contributed by atoms with van der Waals surface area (Å²) in [6, 6.07) is 7.00. The zero-order valence-corrected chi connectivity index (χ0v) is 8.42. The van der Waals surface area contributed by atoms with Crippen molar-refractivity contribution in [1.29, 1.82) is 0 Å². The number of nitrogens with zero attached hydrogens (tertiary/aromatic N) is 2. The Bertz CT molecular complexity index is 451. The quantitative estimate of drug-likeness (QED) is 0.827. The van der Waals surface area contributed by atoms with Gasteiger partial charge in [-0.2, -0.15) is 5.10 Å². The first-order valence-electron chi connectivity index (χ1n) is 4.63. The van der Waals surface area contributed by atoms with Crippen LogP contribution in [-0.2, 0) is 13.7 Å². The monoisotopic (exact) mass is 204 g/mol. The standard InChI is InChI=1S/C11H12N2O2/c1-13-7-11(6-12-13)15-8-9-3-2-4-10(14)5-9/h2-7,14H,8H2,1H3. The largest absolute Gasteiger partial charge is 0.508 e. The summed E-state index contributed by atoms with van der Waals surface area (Å²) in [4.78, 5) is 0. The molecule has 0 spiro atoms. The van der Waals surface area contributed by atoms with Crippen LogP contribution in [-0.4, -0.2) is 14.9 Å². The van der Waals surface area contributed by atoms with Crippen LogP contribution >= 0.6 is 0 Å². The topological polar surface area (TPSA) is 47.3 Å². The SMILES string of the molecule is Cn1cc(OCc2cccc(O)c2)cn1. The van der Waals surface area contributed by atoms with Crippen LogP contribution in [0.25, 0.3) is 0 Å². The molecule has 15 heavy (non-hydrogen) atoms. The number of phenolic OH excluding ortho intramolecular Hbond substituents is 1. The molecule has 78 valence electrons. The van der Waals surface area contributed by atoms with Gasteiger partial charge in [-0.3, -0.25) is 4.68 Å². The summed E-state index contributed by atoms with van der Waals surface area (Å²) in [7, 11) is 1.83. The van der Waals surface area contributed by atoms with E-state index in [-0.39, 0.29) is 5.75 Å². The predicted octanol–water partition coefficient (Wildman–Crippen LogP) is 1.70. The van der Waals surface area contributed by atoms with Crippen molar-refractivity contribution in [2.24, 2.45) is 7.05 Å². The van der Waals surface area contributed by atoms with E-state index in [0.717, 1.165) is 11.3 Å². The zero-order valence-electron chi connectivity index (χ0n) is 8.42. The Labute approximate surface area is 87.7 Å². The lowest BCUT2D eigenvalue weighted by Crippen LogP contribution is -1.94. The summed E-state index contributed by atoms with van der Waals surface area (Å²) < 4.78 is 7.15. The molecule has 0 unspecified atom stereocenters. The molecule has 2 aromatic rings. The molecule has 0 aliphatic heterocycles. The summed E-state index contributed by atoms with van der Waals surface area (Å²) >= 11 is 0. The van der Waals surface area contributed by atoms with Crippen LogP contribution < -0.4 is 4.74 Å². The lowest BCUT2D eigenvalue weighted by molar-refractivity contribution is 0.305. The number of hydrogen-bond donors (Lipinski definition) is 1. The number of aryl methyl sites for hydroxylation is 1. The van der Waals surface area contributed by atoms with Crippen molar-refractivity contribution in [2.75, 3.05) is 0 Å². The fourth-order valence-corrected chi connectivity index (χ4v) is 1.29. The molecule has 0 aliphatic carbocycles. The number of rotatable bonds is 3. The van der Waals surface area contributed by atoms with Crippen molar-refractivity contribution in [2.45, 2.75) is 6.61 Å². The van der Waals surface area contributed by atoms with Crippen LogP contribution in [0.1, 0.15) is 5.56 Å². The highest BCUT2D eigenvalue weighted by atomic mass is 16.5. The fourth-order valence-electron chi connectivity index (χ4n) is 1.29. The van der Waals surface area contributed by atoms with Crippen molar-refractivity contribution < 1.29 is 9.84 Å². The molecule has 0 bridgehead atoms. The number of aromatic hydroxyl groups is 1. The Morgan fingerprint density at radius 2 is 2.33 bits per heavy atom. The van der Waals surface area contributed by atoms with Gasteiger partial charge in [0, 0.05) is 7.05 Å². The summed E-state index contributed by atoms with van der Waals surface area (Å²) in [6.07, 6.45) is 3.45. The van der Waals surface area contributed by atoms with Crippen LogP contribution in [0.3, 0.4) is 0 Å². The van der Waals surface area contributed by atoms with E-state index in [2.05, 4.69) is 5.10 Å². The van der Waals surface area contributed by atoms with E-state index in [1.165, 1.54) is 0 Å². The molecule has 0 saturated heterocycles. The second kappa shape index (κ2) is 4.04. The first-order valence-corrected chi connectivity index (χ1v) is 4.63. The number of phenols is 1. The lowest BCUT2D eigenvalue weighted by Gasteiger charge is -2.03. The van der Waals surface area contributed by atoms with Crippen LogP contribution in [0.4, 0.5) is 0 Å². The van der Waals surface area contributed by atoms with Gasteiger partial charge in [-0.15, -0.1) is 0 Å². The molecule has 0 amide bonds. The number of aromatic nitrogens is 2. The van der Waals surface area contributed by atoms with Gasteiger partial charge in [0.25, 0.3) is 0 Å². The van der Waals surface area contributed by atoms with Gasteiger partial charge in [0.05, 0.1) is 12.4 Å². The molecule has 0 aliphatic rings. The third-order valence-electron chi connectivity index (χ3n) is 2.00. The third kappa shape index (κ3) is 2.49. The summed E-state index contributed by atoms with van der Waals surface area (Å²) in [5.74, 6) is 0.975. The Morgan fingerprint density at radius 1 is 1.47 bits per heavy atom. The van der Waals surface area contributed by atoms with Crippen molar-refractivity contribution >= 4 is 0 Å². The van der Waals surface area contributed by atoms with Gasteiger partial charge in [0.2, 0.25) is 0 Å². The van der Waals surface area contributed by atoms with E-state index in [9.17, 15) is 5.11 Å². The average molecular weight is 204 g/mol. The van der Waals surface area contributed by atoms with Gasteiger partial charge in [0.1, 0.15) is 12.4 Å². The summed E-state index contributed by atoms with van der Waals surface area (Å²) in [5, 5.41) is 13.2. The molecule has 1 aromatic heterocycles. The molecular formula is C11H12N2O2. The molecule has 0 saturated carbocycles. The molecule has 0 atom stereocenters. The highest BCUT2D eigenvalue weighted by Gasteiger charge is 1.98. The van der Waals surface area contributed by atoms with Crippen molar-refractivity contribution in [3.8, 4) is 11.5 Å². The molecule has 1 aromatic carbocycles. The zero-order chi connectivity index (χ0) is 10.7. The minimum Gasteiger partial charge on any atom is -0.508 e. The van der Waals surface area contributed by atoms with Crippen LogP contribution in [0, 0.1) is 0 Å². The molecule has 0 fully saturated rings. The summed E-state index contributed by atoms with van der Waals surface area (Å²) in [5.41, 5.74) is 0.929. The Morgan fingerprint density at radius 3 is 3.00 bits per heavy atom. The first kappa shape index (κ1) is 9.58. The van der Waals surface area contributed by atoms with E-state index < -0.39 is 0 Å². The Balaban J connectivity index is 1.99. The van der Waals surface area contributed by atoms with E-state index in [1.54, 1.807) is 35.3 Å². The average Bonchev–Trinajstić information content (AvgIpc) is 2.62. The smallest absolute Gasteiger partial charge is 0.157 e. The van der Waals surface area contributed by atoms with Crippen molar-refractivity contribution in [1.82, 2.24) is 9.78 Å². The normalized spacial score (nSPS) is 10.2. The third-order valence-corrected chi connectivity index (χ3v) is 2.00. The molecule has 2 rings (SSSR count).